The number of carbonyl (C=O) groups is 2. The van der Waals surface area contributed by atoms with Crippen molar-refractivity contribution in [3.8, 4) is 28.6 Å². The number of hydrogen-bond acceptors (Lipinski definition) is 5. The van der Waals surface area contributed by atoms with Gasteiger partial charge in [0.15, 0.2) is 0 Å². The molecular weight excluding hydrogens is 684 g/mol. The molecule has 4 aromatic rings. The second-order valence-electron chi connectivity index (χ2n) is 13.6. The van der Waals surface area contributed by atoms with E-state index in [9.17, 15) is 41.2 Å². The monoisotopic (exact) mass is 719 g/mol. The van der Waals surface area contributed by atoms with Gasteiger partial charge in [0, 0.05) is 30.8 Å². The van der Waals surface area contributed by atoms with E-state index in [2.05, 4.69) is 23.0 Å². The van der Waals surface area contributed by atoms with Crippen LogP contribution in [0.15, 0.2) is 72.8 Å². The lowest BCUT2D eigenvalue weighted by atomic mass is 9.86. The van der Waals surface area contributed by atoms with Gasteiger partial charge in [-0.25, -0.2) is 9.97 Å². The van der Waals surface area contributed by atoms with Gasteiger partial charge in [-0.15, -0.1) is 0 Å². The Labute approximate surface area is 296 Å². The molecule has 2 unspecified atom stereocenters. The first-order valence-electron chi connectivity index (χ1n) is 17.0. The van der Waals surface area contributed by atoms with Crippen molar-refractivity contribution in [2.24, 2.45) is 11.8 Å². The molecule has 2 fully saturated rings. The van der Waals surface area contributed by atoms with Crippen LogP contribution in [-0.4, -0.2) is 51.2 Å². The molecule has 2 aliphatic heterocycles. The Hall–Kier alpha value is -5.25. The number of rotatable bonds is 5. The number of hydrogen-bond donors (Lipinski definition) is 0. The minimum Gasteiger partial charge on any atom is -0.337 e. The summed E-state index contributed by atoms with van der Waals surface area (Å²) in [6.07, 6.45) is -7.11. The molecule has 52 heavy (non-hydrogen) atoms. The standard InChI is InChI=1S/C39H35F6N5O2/c1-23-13-16-49(17-14-23)36(51)33-7-4-6-32(48-33)29-20-25(9-10-26(29)22-46)35-19-24(2)15-18-50(35)37(52)34-8-3-5-31(47-34)28-12-11-27(38(40,41)42)21-30(28)39(43,44)45/h3-12,20-21,23-24,35H,13-19H2,1-2H3. The molecule has 2 aromatic carbocycles. The van der Waals surface area contributed by atoms with Gasteiger partial charge in [-0.05, 0) is 91.6 Å². The van der Waals surface area contributed by atoms with Crippen LogP contribution < -0.4 is 0 Å². The number of carbonyl (C=O) groups excluding carboxylic acids is 2. The largest absolute Gasteiger partial charge is 0.417 e. The van der Waals surface area contributed by atoms with Gasteiger partial charge in [0.25, 0.3) is 11.8 Å². The molecule has 270 valence electrons. The molecule has 13 heteroatoms. The quantitative estimate of drug-likeness (QED) is 0.192. The number of nitriles is 1. The maximum absolute atomic E-state index is 14.1. The maximum atomic E-state index is 14.1. The topological polar surface area (TPSA) is 90.2 Å². The number of pyridine rings is 2. The van der Waals surface area contributed by atoms with Crippen LogP contribution in [-0.2, 0) is 12.4 Å². The second-order valence-corrected chi connectivity index (χ2v) is 13.6. The number of benzene rings is 2. The van der Waals surface area contributed by atoms with Crippen LogP contribution in [0.2, 0.25) is 0 Å². The van der Waals surface area contributed by atoms with Crippen LogP contribution in [0.25, 0.3) is 22.5 Å². The van der Waals surface area contributed by atoms with E-state index in [1.54, 1.807) is 46.2 Å². The van der Waals surface area contributed by atoms with Gasteiger partial charge in [-0.2, -0.15) is 31.6 Å². The van der Waals surface area contributed by atoms with Crippen molar-refractivity contribution in [2.45, 2.75) is 57.9 Å². The molecule has 2 saturated heterocycles. The number of halogens is 6. The highest BCUT2D eigenvalue weighted by Crippen LogP contribution is 2.41. The van der Waals surface area contributed by atoms with Gasteiger partial charge in [-0.1, -0.05) is 38.1 Å². The number of likely N-dealkylation sites (tertiary alicyclic amines) is 2. The molecule has 6 rings (SSSR count). The van der Waals surface area contributed by atoms with Crippen LogP contribution in [0, 0.1) is 23.2 Å². The van der Waals surface area contributed by atoms with Crippen molar-refractivity contribution in [1.29, 1.82) is 5.26 Å². The summed E-state index contributed by atoms with van der Waals surface area (Å²) in [5.74, 6) is -0.0131. The first-order chi connectivity index (χ1) is 24.6. The maximum Gasteiger partial charge on any atom is 0.417 e. The predicted octanol–water partition coefficient (Wildman–Crippen LogP) is 9.21. The Morgan fingerprint density at radius 2 is 1.35 bits per heavy atom. The SMILES string of the molecule is CC1CCN(C(=O)c2cccc(-c3cc(C4CC(C)CCN4C(=O)c4cccc(-c5ccc(C(F)(F)F)cc5C(F)(F)F)n4)ccc3C#N)n2)CC1. The van der Waals surface area contributed by atoms with E-state index in [1.807, 2.05) is 6.92 Å². The average Bonchev–Trinajstić information content (AvgIpc) is 3.13. The molecule has 0 N–H and O–H groups in total. The van der Waals surface area contributed by atoms with Crippen molar-refractivity contribution < 1.29 is 35.9 Å². The summed E-state index contributed by atoms with van der Waals surface area (Å²) < 4.78 is 81.8. The Morgan fingerprint density at radius 3 is 1.96 bits per heavy atom. The fourth-order valence-electron chi connectivity index (χ4n) is 6.89. The first-order valence-corrected chi connectivity index (χ1v) is 17.0. The summed E-state index contributed by atoms with van der Waals surface area (Å²) in [6.45, 7) is 5.78. The van der Waals surface area contributed by atoms with E-state index >= 15 is 0 Å². The van der Waals surface area contributed by atoms with E-state index in [1.165, 1.54) is 18.2 Å². The van der Waals surface area contributed by atoms with E-state index < -0.39 is 41.0 Å². The first kappa shape index (κ1) is 36.5. The van der Waals surface area contributed by atoms with Gasteiger partial charge >= 0.3 is 12.4 Å². The van der Waals surface area contributed by atoms with Crippen molar-refractivity contribution in [1.82, 2.24) is 19.8 Å². The van der Waals surface area contributed by atoms with Gasteiger partial charge in [-0.3, -0.25) is 9.59 Å². The molecule has 7 nitrogen and oxygen atoms in total. The summed E-state index contributed by atoms with van der Waals surface area (Å²) in [6, 6.07) is 17.2. The molecular formula is C39H35F6N5O2. The van der Waals surface area contributed by atoms with Crippen molar-refractivity contribution in [3.63, 3.8) is 0 Å². The normalized spacial score (nSPS) is 18.6. The number of nitrogens with zero attached hydrogens (tertiary/aromatic N) is 5. The number of aromatic nitrogens is 2. The molecule has 2 aliphatic rings. The van der Waals surface area contributed by atoms with Crippen molar-refractivity contribution in [3.05, 3.63) is 106 Å². The zero-order valence-electron chi connectivity index (χ0n) is 28.4. The Balaban J connectivity index is 1.33. The fraction of sp³-hybridized carbons (Fsp3) is 0.359. The zero-order chi connectivity index (χ0) is 37.4. The highest BCUT2D eigenvalue weighted by molar-refractivity contribution is 5.94. The summed E-state index contributed by atoms with van der Waals surface area (Å²) in [7, 11) is 0. The predicted molar refractivity (Wildman–Crippen MR) is 181 cm³/mol. The lowest BCUT2D eigenvalue weighted by molar-refractivity contribution is -0.142. The Kier molecular flexibility index (Phi) is 10.1. The van der Waals surface area contributed by atoms with Gasteiger partial charge in [0.1, 0.15) is 11.4 Å². The third-order valence-electron chi connectivity index (χ3n) is 9.89. The van der Waals surface area contributed by atoms with Crippen LogP contribution >= 0.6 is 0 Å². The highest BCUT2D eigenvalue weighted by Gasteiger charge is 2.39. The minimum atomic E-state index is -5.12. The lowest BCUT2D eigenvalue weighted by Crippen LogP contribution is -2.41. The summed E-state index contributed by atoms with van der Waals surface area (Å²) in [5, 5.41) is 10.0. The molecule has 0 radical (unpaired) electrons. The van der Waals surface area contributed by atoms with Crippen molar-refractivity contribution >= 4 is 11.8 Å². The molecule has 2 amide bonds. The van der Waals surface area contributed by atoms with Crippen LogP contribution in [0.3, 0.4) is 0 Å². The number of alkyl halides is 6. The molecule has 4 heterocycles. The van der Waals surface area contributed by atoms with E-state index in [-0.39, 0.29) is 35.0 Å². The Bertz CT molecular complexity index is 2030. The van der Waals surface area contributed by atoms with Gasteiger partial charge in [0.2, 0.25) is 0 Å². The fourth-order valence-corrected chi connectivity index (χ4v) is 6.89. The lowest BCUT2D eigenvalue weighted by Gasteiger charge is -2.39. The van der Waals surface area contributed by atoms with Crippen LogP contribution in [0.1, 0.15) is 88.8 Å². The summed E-state index contributed by atoms with van der Waals surface area (Å²) in [4.78, 5) is 39.7. The average molecular weight is 720 g/mol. The Morgan fingerprint density at radius 1 is 0.731 bits per heavy atom. The van der Waals surface area contributed by atoms with Crippen LogP contribution in [0.5, 0.6) is 0 Å². The summed E-state index contributed by atoms with van der Waals surface area (Å²) >= 11 is 0. The molecule has 2 aromatic heterocycles. The zero-order valence-corrected chi connectivity index (χ0v) is 28.4. The number of piperidine rings is 2. The molecule has 0 bridgehead atoms. The highest BCUT2D eigenvalue weighted by atomic mass is 19.4. The molecule has 0 aliphatic carbocycles. The van der Waals surface area contributed by atoms with E-state index in [0.29, 0.717) is 66.8 Å². The second kappa shape index (κ2) is 14.4. The van der Waals surface area contributed by atoms with E-state index in [4.69, 9.17) is 0 Å². The minimum absolute atomic E-state index is 0.0462. The third kappa shape index (κ3) is 7.66. The van der Waals surface area contributed by atoms with Gasteiger partial charge < -0.3 is 9.80 Å². The summed E-state index contributed by atoms with van der Waals surface area (Å²) in [5.41, 5.74) is -1.84. The molecule has 0 saturated carbocycles. The van der Waals surface area contributed by atoms with E-state index in [0.717, 1.165) is 18.9 Å². The smallest absolute Gasteiger partial charge is 0.337 e. The van der Waals surface area contributed by atoms with Crippen LogP contribution in [0.4, 0.5) is 26.3 Å². The number of amides is 2. The molecule has 2 atom stereocenters. The van der Waals surface area contributed by atoms with Gasteiger partial charge in [0.05, 0.1) is 40.2 Å². The molecule has 0 spiro atoms. The van der Waals surface area contributed by atoms with Crippen molar-refractivity contribution in [2.75, 3.05) is 19.6 Å². The third-order valence-corrected chi connectivity index (χ3v) is 9.89.